The fourth-order valence-corrected chi connectivity index (χ4v) is 1.76. The number of hydrogen-bond donors (Lipinski definition) is 1. The Hall–Kier alpha value is -0.480. The van der Waals surface area contributed by atoms with Crippen LogP contribution in [0.3, 0.4) is 0 Å². The van der Waals surface area contributed by atoms with Crippen molar-refractivity contribution in [2.75, 3.05) is 11.9 Å². The third-order valence-corrected chi connectivity index (χ3v) is 2.70. The van der Waals surface area contributed by atoms with E-state index in [1.165, 1.54) is 0 Å². The van der Waals surface area contributed by atoms with E-state index in [-0.39, 0.29) is 5.78 Å². The lowest BCUT2D eigenvalue weighted by atomic mass is 10.1. The van der Waals surface area contributed by atoms with E-state index < -0.39 is 0 Å². The molecule has 0 aliphatic carbocycles. The quantitative estimate of drug-likeness (QED) is 0.666. The molecule has 0 saturated heterocycles. The average molecular weight is 289 g/mol. The Morgan fingerprint density at radius 2 is 2.20 bits per heavy atom. The number of alkyl halides is 1. The maximum Gasteiger partial charge on any atom is 0.147 e. The molecule has 0 aliphatic heterocycles. The highest BCUT2D eigenvalue weighted by Gasteiger charge is 2.04. The van der Waals surface area contributed by atoms with Gasteiger partial charge < -0.3 is 4.74 Å². The Morgan fingerprint density at radius 1 is 1.47 bits per heavy atom. The Labute approximate surface area is 104 Å². The van der Waals surface area contributed by atoms with Gasteiger partial charge in [-0.15, -0.1) is 12.6 Å². The van der Waals surface area contributed by atoms with Crippen LogP contribution in [0.1, 0.15) is 12.5 Å². The number of benzene rings is 1. The summed E-state index contributed by atoms with van der Waals surface area (Å²) < 4.78 is 5.37. The molecule has 2 nitrogen and oxygen atoms in total. The van der Waals surface area contributed by atoms with Gasteiger partial charge in [0.05, 0.1) is 11.9 Å². The molecule has 1 aromatic carbocycles. The van der Waals surface area contributed by atoms with E-state index in [0.29, 0.717) is 18.4 Å². The Kier molecular flexibility index (Phi) is 5.19. The van der Waals surface area contributed by atoms with E-state index in [0.717, 1.165) is 16.2 Å². The summed E-state index contributed by atoms with van der Waals surface area (Å²) in [6.07, 6.45) is 0.416. The number of hydrogen-bond acceptors (Lipinski definition) is 3. The number of carbonyl (C=O) groups excluding carboxylic acids is 1. The molecule has 4 heteroatoms. The van der Waals surface area contributed by atoms with Crippen molar-refractivity contribution in [2.45, 2.75) is 18.2 Å². The molecule has 0 spiro atoms. The maximum atomic E-state index is 11.2. The van der Waals surface area contributed by atoms with Crippen LogP contribution in [0.25, 0.3) is 0 Å². The molecular weight excluding hydrogens is 276 g/mol. The first-order valence-corrected chi connectivity index (χ1v) is 6.26. The summed E-state index contributed by atoms with van der Waals surface area (Å²) >= 11 is 7.41. The molecule has 0 unspecified atom stereocenters. The number of thiol groups is 1. The predicted octanol–water partition coefficient (Wildman–Crippen LogP) is 2.88. The minimum atomic E-state index is 0.149. The minimum Gasteiger partial charge on any atom is -0.494 e. The van der Waals surface area contributed by atoms with Crippen molar-refractivity contribution in [3.63, 3.8) is 0 Å². The molecule has 0 heterocycles. The molecule has 0 amide bonds. The number of rotatable bonds is 5. The molecular formula is C11H13BrO2S. The van der Waals surface area contributed by atoms with Crippen molar-refractivity contribution in [3.8, 4) is 5.75 Å². The second-order valence-corrected chi connectivity index (χ2v) is 4.19. The van der Waals surface area contributed by atoms with Crippen LogP contribution in [-0.4, -0.2) is 17.7 Å². The zero-order chi connectivity index (χ0) is 11.3. The van der Waals surface area contributed by atoms with Crippen molar-refractivity contribution in [1.29, 1.82) is 0 Å². The highest BCUT2D eigenvalue weighted by molar-refractivity contribution is 9.09. The van der Waals surface area contributed by atoms with Gasteiger partial charge in [-0.05, 0) is 30.7 Å². The zero-order valence-electron chi connectivity index (χ0n) is 8.50. The summed E-state index contributed by atoms with van der Waals surface area (Å²) in [6, 6.07) is 5.60. The predicted molar refractivity (Wildman–Crippen MR) is 67.4 cm³/mol. The number of Topliss-reactive ketones (excluding diaryl/α,β-unsaturated/α-hetero) is 1. The van der Waals surface area contributed by atoms with Crippen LogP contribution in [0.4, 0.5) is 0 Å². The Bertz CT molecular complexity index is 352. The molecule has 15 heavy (non-hydrogen) atoms. The molecule has 0 aliphatic rings. The molecule has 0 aromatic heterocycles. The summed E-state index contributed by atoms with van der Waals surface area (Å²) in [5.74, 6) is 0.916. The first-order valence-electron chi connectivity index (χ1n) is 4.69. The summed E-state index contributed by atoms with van der Waals surface area (Å²) in [5, 5.41) is 0.383. The lowest BCUT2D eigenvalue weighted by Gasteiger charge is -2.06. The first-order chi connectivity index (χ1) is 7.15. The van der Waals surface area contributed by atoms with Gasteiger partial charge in [-0.3, -0.25) is 4.79 Å². The molecule has 0 saturated carbocycles. The summed E-state index contributed by atoms with van der Waals surface area (Å²) in [5.41, 5.74) is 0.940. The molecule has 82 valence electrons. The third kappa shape index (κ3) is 4.26. The maximum absolute atomic E-state index is 11.2. The molecule has 0 fully saturated rings. The van der Waals surface area contributed by atoms with Gasteiger partial charge >= 0.3 is 0 Å². The highest BCUT2D eigenvalue weighted by Crippen LogP contribution is 2.20. The molecule has 1 rings (SSSR count). The van der Waals surface area contributed by atoms with Crippen molar-refractivity contribution < 1.29 is 9.53 Å². The number of ether oxygens (including phenoxy) is 1. The molecule has 0 bridgehead atoms. The smallest absolute Gasteiger partial charge is 0.147 e. The minimum absolute atomic E-state index is 0.149. The average Bonchev–Trinajstić information content (AvgIpc) is 2.17. The fourth-order valence-electron chi connectivity index (χ4n) is 1.27. The second-order valence-electron chi connectivity index (χ2n) is 3.12. The largest absolute Gasteiger partial charge is 0.494 e. The van der Waals surface area contributed by atoms with Crippen molar-refractivity contribution in [2.24, 2.45) is 0 Å². The normalized spacial score (nSPS) is 10.1. The Morgan fingerprint density at radius 3 is 2.80 bits per heavy atom. The highest BCUT2D eigenvalue weighted by atomic mass is 79.9. The standard InChI is InChI=1S/C11H13BrO2S/c1-2-14-10-4-8(3-9(13)7-12)5-11(15)6-10/h4-6,15H,2-3,7H2,1H3. The van der Waals surface area contributed by atoms with Crippen LogP contribution in [-0.2, 0) is 11.2 Å². The molecule has 0 N–H and O–H groups in total. The van der Waals surface area contributed by atoms with Gasteiger partial charge in [0.1, 0.15) is 11.5 Å². The van der Waals surface area contributed by atoms with E-state index in [1.807, 2.05) is 25.1 Å². The van der Waals surface area contributed by atoms with Gasteiger partial charge in [0, 0.05) is 11.3 Å². The van der Waals surface area contributed by atoms with E-state index in [4.69, 9.17) is 4.74 Å². The monoisotopic (exact) mass is 288 g/mol. The zero-order valence-corrected chi connectivity index (χ0v) is 11.0. The van der Waals surface area contributed by atoms with Crippen LogP contribution in [0.15, 0.2) is 23.1 Å². The topological polar surface area (TPSA) is 26.3 Å². The van der Waals surface area contributed by atoms with Gasteiger partial charge in [-0.2, -0.15) is 0 Å². The van der Waals surface area contributed by atoms with Gasteiger partial charge in [0.25, 0.3) is 0 Å². The number of ketones is 1. The van der Waals surface area contributed by atoms with Crippen molar-refractivity contribution in [3.05, 3.63) is 23.8 Å². The summed E-state index contributed by atoms with van der Waals surface area (Å²) in [6.45, 7) is 2.54. The van der Waals surface area contributed by atoms with Crippen LogP contribution in [0.2, 0.25) is 0 Å². The second kappa shape index (κ2) is 6.18. The summed E-state index contributed by atoms with van der Waals surface area (Å²) in [7, 11) is 0. The lowest BCUT2D eigenvalue weighted by molar-refractivity contribution is -0.115. The Balaban J connectivity index is 2.83. The van der Waals surface area contributed by atoms with Crippen LogP contribution in [0.5, 0.6) is 5.75 Å². The van der Waals surface area contributed by atoms with Gasteiger partial charge in [-0.25, -0.2) is 0 Å². The van der Waals surface area contributed by atoms with E-state index in [1.54, 1.807) is 0 Å². The van der Waals surface area contributed by atoms with E-state index >= 15 is 0 Å². The molecule has 0 radical (unpaired) electrons. The SMILES string of the molecule is CCOc1cc(S)cc(CC(=O)CBr)c1. The first kappa shape index (κ1) is 12.6. The molecule has 0 atom stereocenters. The fraction of sp³-hybridized carbons (Fsp3) is 0.364. The number of halogens is 1. The van der Waals surface area contributed by atoms with Gasteiger partial charge in [-0.1, -0.05) is 15.9 Å². The van der Waals surface area contributed by atoms with Gasteiger partial charge in [0.2, 0.25) is 0 Å². The number of carbonyl (C=O) groups is 1. The molecule has 1 aromatic rings. The van der Waals surface area contributed by atoms with E-state index in [9.17, 15) is 4.79 Å². The van der Waals surface area contributed by atoms with Crippen molar-refractivity contribution >= 4 is 34.3 Å². The van der Waals surface area contributed by atoms with Crippen molar-refractivity contribution in [1.82, 2.24) is 0 Å². The van der Waals surface area contributed by atoms with Crippen LogP contribution < -0.4 is 4.74 Å². The van der Waals surface area contributed by atoms with E-state index in [2.05, 4.69) is 28.6 Å². The van der Waals surface area contributed by atoms with Crippen LogP contribution in [0, 0.1) is 0 Å². The third-order valence-electron chi connectivity index (χ3n) is 1.81. The lowest BCUT2D eigenvalue weighted by Crippen LogP contribution is -2.04. The van der Waals surface area contributed by atoms with Crippen LogP contribution >= 0.6 is 28.6 Å². The van der Waals surface area contributed by atoms with Gasteiger partial charge in [0.15, 0.2) is 0 Å². The summed E-state index contributed by atoms with van der Waals surface area (Å²) in [4.78, 5) is 12.1.